The van der Waals surface area contributed by atoms with Crippen molar-refractivity contribution in [3.63, 3.8) is 0 Å². The predicted molar refractivity (Wildman–Crippen MR) is 65.6 cm³/mol. The zero-order valence-electron chi connectivity index (χ0n) is 11.2. The highest BCUT2D eigenvalue weighted by Crippen LogP contribution is 2.35. The Morgan fingerprint density at radius 1 is 1.07 bits per heavy atom. The fourth-order valence-corrected chi connectivity index (χ4v) is 1.82. The summed E-state index contributed by atoms with van der Waals surface area (Å²) in [6.07, 6.45) is 1.30. The highest BCUT2D eigenvalue weighted by Gasteiger charge is 2.28. The summed E-state index contributed by atoms with van der Waals surface area (Å²) in [7, 11) is 0. The number of hydrogen-bond donors (Lipinski definition) is 1. The van der Waals surface area contributed by atoms with Gasteiger partial charge in [-0.3, -0.25) is 0 Å². The van der Waals surface area contributed by atoms with Crippen molar-refractivity contribution in [2.24, 2.45) is 16.7 Å². The summed E-state index contributed by atoms with van der Waals surface area (Å²) in [5.41, 5.74) is 0.853. The van der Waals surface area contributed by atoms with Crippen molar-refractivity contribution in [3.05, 3.63) is 0 Å². The van der Waals surface area contributed by atoms with Crippen molar-refractivity contribution in [1.29, 1.82) is 0 Å². The van der Waals surface area contributed by atoms with Gasteiger partial charge in [-0.15, -0.1) is 0 Å². The quantitative estimate of drug-likeness (QED) is 0.712. The zero-order chi connectivity index (χ0) is 11.4. The molecular formula is C13H29N. The monoisotopic (exact) mass is 199 g/mol. The van der Waals surface area contributed by atoms with Crippen LogP contribution < -0.4 is 5.32 Å². The average Bonchev–Trinajstić information content (AvgIpc) is 1.97. The Morgan fingerprint density at radius 2 is 1.57 bits per heavy atom. The Balaban J connectivity index is 4.13. The van der Waals surface area contributed by atoms with Gasteiger partial charge in [0.25, 0.3) is 0 Å². The third kappa shape index (κ3) is 5.64. The molecule has 1 N–H and O–H groups in total. The average molecular weight is 199 g/mol. The summed E-state index contributed by atoms with van der Waals surface area (Å²) in [5.74, 6) is 0.765. The minimum atomic E-state index is 0.406. The Bertz CT molecular complexity index is 153. The van der Waals surface area contributed by atoms with E-state index >= 15 is 0 Å². The number of hydrogen-bond acceptors (Lipinski definition) is 1. The Morgan fingerprint density at radius 3 is 1.93 bits per heavy atom. The first kappa shape index (κ1) is 14.0. The van der Waals surface area contributed by atoms with Crippen LogP contribution in [0.4, 0.5) is 0 Å². The fraction of sp³-hybridized carbons (Fsp3) is 1.00. The maximum Gasteiger partial charge on any atom is 0.000495 e. The smallest absolute Gasteiger partial charge is 0.000495 e. The standard InChI is InChI=1S/C13H29N/c1-8-14-10-13(6,7)11(2)9-12(3,4)5/h11,14H,8-10H2,1-7H3. The van der Waals surface area contributed by atoms with E-state index in [0.717, 1.165) is 19.0 Å². The SMILES string of the molecule is CCNCC(C)(C)C(C)CC(C)(C)C. The van der Waals surface area contributed by atoms with Gasteiger partial charge in [0.2, 0.25) is 0 Å². The first-order valence-corrected chi connectivity index (χ1v) is 5.90. The Labute approximate surface area is 90.7 Å². The molecule has 0 aromatic carbocycles. The molecule has 1 nitrogen and oxygen atoms in total. The lowest BCUT2D eigenvalue weighted by atomic mass is 9.72. The molecule has 14 heavy (non-hydrogen) atoms. The lowest BCUT2D eigenvalue weighted by molar-refractivity contribution is 0.160. The van der Waals surface area contributed by atoms with Gasteiger partial charge in [-0.05, 0) is 29.7 Å². The van der Waals surface area contributed by atoms with Crippen LogP contribution in [0.5, 0.6) is 0 Å². The molecule has 0 bridgehead atoms. The molecule has 0 aromatic heterocycles. The first-order chi connectivity index (χ1) is 6.19. The summed E-state index contributed by atoms with van der Waals surface area (Å²) < 4.78 is 0. The van der Waals surface area contributed by atoms with Gasteiger partial charge in [-0.1, -0.05) is 48.5 Å². The van der Waals surface area contributed by atoms with E-state index in [9.17, 15) is 0 Å². The van der Waals surface area contributed by atoms with E-state index in [-0.39, 0.29) is 0 Å². The second-order valence-electron chi connectivity index (χ2n) is 6.43. The van der Waals surface area contributed by atoms with E-state index in [1.54, 1.807) is 0 Å². The molecule has 0 fully saturated rings. The van der Waals surface area contributed by atoms with Crippen LogP contribution in [0.3, 0.4) is 0 Å². The molecule has 0 aliphatic carbocycles. The molecule has 0 amide bonds. The number of nitrogens with one attached hydrogen (secondary N) is 1. The highest BCUT2D eigenvalue weighted by molar-refractivity contribution is 4.80. The van der Waals surface area contributed by atoms with Crippen molar-refractivity contribution in [3.8, 4) is 0 Å². The van der Waals surface area contributed by atoms with Crippen LogP contribution in [-0.4, -0.2) is 13.1 Å². The highest BCUT2D eigenvalue weighted by atomic mass is 14.9. The molecule has 86 valence electrons. The van der Waals surface area contributed by atoms with Gasteiger partial charge in [-0.25, -0.2) is 0 Å². The minimum Gasteiger partial charge on any atom is -0.316 e. The third-order valence-corrected chi connectivity index (χ3v) is 3.08. The van der Waals surface area contributed by atoms with Crippen molar-refractivity contribution in [1.82, 2.24) is 5.32 Å². The largest absolute Gasteiger partial charge is 0.316 e. The normalized spacial score (nSPS) is 15.6. The summed E-state index contributed by atoms with van der Waals surface area (Å²) in [5, 5.41) is 3.46. The second kappa shape index (κ2) is 5.16. The molecule has 1 unspecified atom stereocenters. The molecule has 0 aliphatic heterocycles. The maximum absolute atomic E-state index is 3.46. The van der Waals surface area contributed by atoms with Crippen LogP contribution >= 0.6 is 0 Å². The summed E-state index contributed by atoms with van der Waals surface area (Å²) in [6.45, 7) is 18.5. The molecule has 0 spiro atoms. The lowest BCUT2D eigenvalue weighted by Crippen LogP contribution is -2.36. The van der Waals surface area contributed by atoms with Crippen molar-refractivity contribution in [2.45, 2.75) is 54.9 Å². The lowest BCUT2D eigenvalue weighted by Gasteiger charge is -2.36. The van der Waals surface area contributed by atoms with Crippen molar-refractivity contribution < 1.29 is 0 Å². The molecule has 0 heterocycles. The molecule has 0 aliphatic rings. The molecular weight excluding hydrogens is 170 g/mol. The molecule has 0 saturated heterocycles. The third-order valence-electron chi connectivity index (χ3n) is 3.08. The summed E-state index contributed by atoms with van der Waals surface area (Å²) in [4.78, 5) is 0. The molecule has 0 radical (unpaired) electrons. The van der Waals surface area contributed by atoms with Gasteiger partial charge < -0.3 is 5.32 Å². The molecule has 0 saturated carbocycles. The van der Waals surface area contributed by atoms with Gasteiger partial charge >= 0.3 is 0 Å². The van der Waals surface area contributed by atoms with Gasteiger partial charge in [0.15, 0.2) is 0 Å². The van der Waals surface area contributed by atoms with E-state index in [4.69, 9.17) is 0 Å². The van der Waals surface area contributed by atoms with Crippen LogP contribution in [0.15, 0.2) is 0 Å². The second-order valence-corrected chi connectivity index (χ2v) is 6.43. The molecule has 1 heteroatoms. The fourth-order valence-electron chi connectivity index (χ4n) is 1.82. The van der Waals surface area contributed by atoms with Gasteiger partial charge in [0, 0.05) is 6.54 Å². The van der Waals surface area contributed by atoms with Crippen molar-refractivity contribution >= 4 is 0 Å². The van der Waals surface area contributed by atoms with Crippen LogP contribution in [0.25, 0.3) is 0 Å². The zero-order valence-corrected chi connectivity index (χ0v) is 11.2. The van der Waals surface area contributed by atoms with Crippen LogP contribution in [0.2, 0.25) is 0 Å². The number of rotatable bonds is 5. The maximum atomic E-state index is 3.46. The Kier molecular flexibility index (Phi) is 5.14. The molecule has 0 aromatic rings. The van der Waals surface area contributed by atoms with Crippen molar-refractivity contribution in [2.75, 3.05) is 13.1 Å². The summed E-state index contributed by atoms with van der Waals surface area (Å²) in [6, 6.07) is 0. The van der Waals surface area contributed by atoms with Gasteiger partial charge in [0.05, 0.1) is 0 Å². The molecule has 1 atom stereocenters. The van der Waals surface area contributed by atoms with E-state index in [0.29, 0.717) is 10.8 Å². The Hall–Kier alpha value is -0.0400. The summed E-state index contributed by atoms with van der Waals surface area (Å²) >= 11 is 0. The first-order valence-electron chi connectivity index (χ1n) is 5.90. The van der Waals surface area contributed by atoms with E-state index in [2.05, 4.69) is 53.8 Å². The minimum absolute atomic E-state index is 0.406. The van der Waals surface area contributed by atoms with E-state index in [1.807, 2.05) is 0 Å². The van der Waals surface area contributed by atoms with Crippen LogP contribution in [0, 0.1) is 16.7 Å². The van der Waals surface area contributed by atoms with E-state index < -0.39 is 0 Å². The van der Waals surface area contributed by atoms with Crippen LogP contribution in [0.1, 0.15) is 54.9 Å². The molecule has 0 rings (SSSR count). The van der Waals surface area contributed by atoms with Gasteiger partial charge in [-0.2, -0.15) is 0 Å². The van der Waals surface area contributed by atoms with Crippen LogP contribution in [-0.2, 0) is 0 Å². The topological polar surface area (TPSA) is 12.0 Å². The van der Waals surface area contributed by atoms with Gasteiger partial charge in [0.1, 0.15) is 0 Å². The van der Waals surface area contributed by atoms with E-state index in [1.165, 1.54) is 6.42 Å². The predicted octanol–water partition coefficient (Wildman–Crippen LogP) is 3.69.